The molecule has 1 saturated heterocycles. The van der Waals surface area contributed by atoms with Crippen LogP contribution in [0.3, 0.4) is 0 Å². The molecule has 0 amide bonds. The molecule has 1 N–H and O–H groups in total. The van der Waals surface area contributed by atoms with Crippen LogP contribution in [-0.4, -0.2) is 61.6 Å². The fourth-order valence-corrected chi connectivity index (χ4v) is 3.04. The summed E-state index contributed by atoms with van der Waals surface area (Å²) in [7, 11) is 0. The summed E-state index contributed by atoms with van der Waals surface area (Å²) in [6, 6.07) is 8.33. The van der Waals surface area contributed by atoms with E-state index in [0.717, 1.165) is 57.6 Å². The van der Waals surface area contributed by atoms with Crippen molar-refractivity contribution in [2.24, 2.45) is 4.99 Å². The highest BCUT2D eigenvalue weighted by molar-refractivity contribution is 14.0. The van der Waals surface area contributed by atoms with Gasteiger partial charge in [-0.15, -0.1) is 24.0 Å². The second-order valence-electron chi connectivity index (χ2n) is 6.38. The summed E-state index contributed by atoms with van der Waals surface area (Å²) in [4.78, 5) is 9.51. The number of rotatable bonds is 9. The molecule has 1 aromatic rings. The third-order valence-corrected chi connectivity index (χ3v) is 4.65. The van der Waals surface area contributed by atoms with E-state index < -0.39 is 0 Å². The van der Waals surface area contributed by atoms with Gasteiger partial charge in [-0.05, 0) is 50.6 Å². The van der Waals surface area contributed by atoms with Gasteiger partial charge >= 0.3 is 0 Å². The number of hydrogen-bond donors (Lipinski definition) is 1. The second-order valence-corrected chi connectivity index (χ2v) is 6.38. The molecule has 0 unspecified atom stereocenters. The number of aliphatic imine (C=N–C) groups is 1. The predicted molar refractivity (Wildman–Crippen MR) is 121 cm³/mol. The number of hydrogen-bond acceptors (Lipinski definition) is 3. The summed E-state index contributed by atoms with van der Waals surface area (Å²) < 4.78 is 5.84. The van der Waals surface area contributed by atoms with Gasteiger partial charge in [0.15, 0.2) is 5.96 Å². The van der Waals surface area contributed by atoms with Crippen LogP contribution in [0.4, 0.5) is 0 Å². The highest BCUT2D eigenvalue weighted by Gasteiger charge is 2.15. The van der Waals surface area contributed by atoms with Crippen LogP contribution in [0.5, 0.6) is 5.75 Å². The number of ether oxygens (including phenoxy) is 1. The molecule has 0 aliphatic carbocycles. The van der Waals surface area contributed by atoms with E-state index in [1.807, 2.05) is 0 Å². The zero-order valence-corrected chi connectivity index (χ0v) is 18.9. The Balaban J connectivity index is 0.00000338. The van der Waals surface area contributed by atoms with E-state index in [9.17, 15) is 0 Å². The summed E-state index contributed by atoms with van der Waals surface area (Å²) in [5.74, 6) is 1.98. The third-order valence-electron chi connectivity index (χ3n) is 4.65. The number of nitrogens with one attached hydrogen (secondary N) is 1. The van der Waals surface area contributed by atoms with Crippen LogP contribution in [0.2, 0.25) is 0 Å². The van der Waals surface area contributed by atoms with Crippen LogP contribution in [-0.2, 0) is 6.54 Å². The number of likely N-dealkylation sites (N-methyl/N-ethyl adjacent to an activating group) is 1. The van der Waals surface area contributed by atoms with Crippen LogP contribution < -0.4 is 10.1 Å². The van der Waals surface area contributed by atoms with Crippen molar-refractivity contribution in [1.29, 1.82) is 0 Å². The van der Waals surface area contributed by atoms with Crippen molar-refractivity contribution in [1.82, 2.24) is 15.1 Å². The van der Waals surface area contributed by atoms with Crippen LogP contribution >= 0.6 is 24.0 Å². The molecule has 6 heteroatoms. The largest absolute Gasteiger partial charge is 0.492 e. The van der Waals surface area contributed by atoms with Gasteiger partial charge in [0.2, 0.25) is 0 Å². The van der Waals surface area contributed by atoms with Crippen molar-refractivity contribution >= 4 is 29.9 Å². The number of likely N-dealkylation sites (tertiary alicyclic amines) is 1. The highest BCUT2D eigenvalue weighted by Crippen LogP contribution is 2.14. The van der Waals surface area contributed by atoms with Gasteiger partial charge in [-0.25, -0.2) is 4.99 Å². The molecule has 0 aromatic heterocycles. The molecular weight excluding hydrogens is 439 g/mol. The van der Waals surface area contributed by atoms with Gasteiger partial charge < -0.3 is 19.9 Å². The van der Waals surface area contributed by atoms with Crippen LogP contribution in [0.15, 0.2) is 29.3 Å². The molecule has 0 bridgehead atoms. The molecule has 1 aliphatic rings. The van der Waals surface area contributed by atoms with Crippen LogP contribution in [0, 0.1) is 0 Å². The van der Waals surface area contributed by atoms with E-state index >= 15 is 0 Å². The minimum Gasteiger partial charge on any atom is -0.492 e. The summed E-state index contributed by atoms with van der Waals surface area (Å²) >= 11 is 0. The van der Waals surface area contributed by atoms with Gasteiger partial charge in [0, 0.05) is 26.2 Å². The Hall–Kier alpha value is -1.02. The van der Waals surface area contributed by atoms with E-state index in [4.69, 9.17) is 9.73 Å². The monoisotopic (exact) mass is 474 g/mol. The molecule has 0 radical (unpaired) electrons. The molecule has 148 valence electrons. The lowest BCUT2D eigenvalue weighted by Crippen LogP contribution is -2.39. The normalized spacial score (nSPS) is 14.5. The maximum Gasteiger partial charge on any atom is 0.194 e. The Morgan fingerprint density at radius 3 is 2.35 bits per heavy atom. The minimum absolute atomic E-state index is 0. The van der Waals surface area contributed by atoms with E-state index in [-0.39, 0.29) is 24.0 Å². The van der Waals surface area contributed by atoms with Gasteiger partial charge in [-0.2, -0.15) is 0 Å². The second kappa shape index (κ2) is 13.2. The molecule has 2 rings (SSSR count). The molecular formula is C20H35IN4O. The fraction of sp³-hybridized carbons (Fsp3) is 0.650. The van der Waals surface area contributed by atoms with Gasteiger partial charge in [0.05, 0.1) is 6.54 Å². The molecule has 1 fully saturated rings. The van der Waals surface area contributed by atoms with E-state index in [1.165, 1.54) is 18.4 Å². The quantitative estimate of drug-likeness (QED) is 0.338. The first-order valence-electron chi connectivity index (χ1n) is 9.74. The maximum absolute atomic E-state index is 5.84. The van der Waals surface area contributed by atoms with E-state index in [1.54, 1.807) is 0 Å². The Kier molecular flexibility index (Phi) is 11.7. The van der Waals surface area contributed by atoms with Gasteiger partial charge in [0.1, 0.15) is 12.4 Å². The SMILES string of the molecule is CCNC(=NCc1ccc(OCCN(CC)CC)cc1)N1CCCC1.I. The van der Waals surface area contributed by atoms with Crippen molar-refractivity contribution in [2.75, 3.05) is 45.9 Å². The number of benzene rings is 1. The van der Waals surface area contributed by atoms with Crippen LogP contribution in [0.1, 0.15) is 39.2 Å². The van der Waals surface area contributed by atoms with Crippen molar-refractivity contribution in [3.63, 3.8) is 0 Å². The molecule has 1 aromatic carbocycles. The molecule has 26 heavy (non-hydrogen) atoms. The van der Waals surface area contributed by atoms with Gasteiger partial charge in [-0.1, -0.05) is 26.0 Å². The highest BCUT2D eigenvalue weighted by atomic mass is 127. The Morgan fingerprint density at radius 2 is 1.77 bits per heavy atom. The van der Waals surface area contributed by atoms with Crippen molar-refractivity contribution in [3.05, 3.63) is 29.8 Å². The molecule has 1 aliphatic heterocycles. The summed E-state index contributed by atoms with van der Waals surface area (Å²) in [6.07, 6.45) is 2.54. The molecule has 0 spiro atoms. The topological polar surface area (TPSA) is 40.1 Å². The lowest BCUT2D eigenvalue weighted by molar-refractivity contribution is 0.223. The minimum atomic E-state index is 0. The van der Waals surface area contributed by atoms with Gasteiger partial charge in [-0.3, -0.25) is 0 Å². The molecule has 0 saturated carbocycles. The number of halogens is 1. The number of guanidine groups is 1. The zero-order chi connectivity index (χ0) is 17.9. The summed E-state index contributed by atoms with van der Waals surface area (Å²) in [6.45, 7) is 14.2. The molecule has 5 nitrogen and oxygen atoms in total. The molecule has 1 heterocycles. The maximum atomic E-state index is 5.84. The average molecular weight is 474 g/mol. The summed E-state index contributed by atoms with van der Waals surface area (Å²) in [5, 5.41) is 3.40. The summed E-state index contributed by atoms with van der Waals surface area (Å²) in [5.41, 5.74) is 1.21. The van der Waals surface area contributed by atoms with E-state index in [0.29, 0.717) is 6.54 Å². The van der Waals surface area contributed by atoms with Gasteiger partial charge in [0.25, 0.3) is 0 Å². The number of nitrogens with zero attached hydrogens (tertiary/aromatic N) is 3. The first-order chi connectivity index (χ1) is 12.3. The Morgan fingerprint density at radius 1 is 1.12 bits per heavy atom. The third kappa shape index (κ3) is 7.70. The lowest BCUT2D eigenvalue weighted by atomic mass is 10.2. The zero-order valence-electron chi connectivity index (χ0n) is 16.5. The standard InChI is InChI=1S/C20H34N4O.HI/c1-4-21-20(24-13-7-8-14-24)22-17-18-9-11-19(12-10-18)25-16-15-23(5-2)6-3;/h9-12H,4-8,13-17H2,1-3H3,(H,21,22);1H. The molecule has 0 atom stereocenters. The lowest BCUT2D eigenvalue weighted by Gasteiger charge is -2.20. The Bertz CT molecular complexity index is 511. The smallest absolute Gasteiger partial charge is 0.194 e. The van der Waals surface area contributed by atoms with Crippen LogP contribution in [0.25, 0.3) is 0 Å². The fourth-order valence-electron chi connectivity index (χ4n) is 3.04. The predicted octanol–water partition coefficient (Wildman–Crippen LogP) is 3.59. The first kappa shape index (κ1) is 23.0. The average Bonchev–Trinajstić information content (AvgIpc) is 3.18. The first-order valence-corrected chi connectivity index (χ1v) is 9.74. The van der Waals surface area contributed by atoms with Crippen molar-refractivity contribution < 1.29 is 4.74 Å². The van der Waals surface area contributed by atoms with Crippen molar-refractivity contribution in [3.8, 4) is 5.75 Å². The Labute approximate surface area is 176 Å². The van der Waals surface area contributed by atoms with Crippen molar-refractivity contribution in [2.45, 2.75) is 40.2 Å². The van der Waals surface area contributed by atoms with E-state index in [2.05, 4.69) is 60.2 Å².